The van der Waals surface area contributed by atoms with Crippen molar-refractivity contribution in [3.8, 4) is 0 Å². The van der Waals surface area contributed by atoms with E-state index < -0.39 is 11.8 Å². The molecule has 0 spiro atoms. The molecule has 0 aliphatic carbocycles. The molecule has 1 saturated heterocycles. The fourth-order valence-corrected chi connectivity index (χ4v) is 2.93. The van der Waals surface area contributed by atoms with Crippen LogP contribution in [0.2, 0.25) is 0 Å². The molecule has 120 valence electrons. The van der Waals surface area contributed by atoms with Crippen molar-refractivity contribution in [2.75, 3.05) is 4.90 Å². The van der Waals surface area contributed by atoms with E-state index in [9.17, 15) is 9.59 Å². The van der Waals surface area contributed by atoms with Crippen LogP contribution >= 0.6 is 28.1 Å². The van der Waals surface area contributed by atoms with Crippen LogP contribution in [0.3, 0.4) is 0 Å². The van der Waals surface area contributed by atoms with Crippen LogP contribution in [0.1, 0.15) is 11.1 Å². The van der Waals surface area contributed by atoms with E-state index in [-0.39, 0.29) is 10.7 Å². The summed E-state index contributed by atoms with van der Waals surface area (Å²) in [5.74, 6) is -0.920. The van der Waals surface area contributed by atoms with E-state index in [0.717, 1.165) is 15.6 Å². The Morgan fingerprint density at radius 1 is 1.08 bits per heavy atom. The Morgan fingerprint density at radius 2 is 1.75 bits per heavy atom. The molecule has 1 N–H and O–H groups in total. The summed E-state index contributed by atoms with van der Waals surface area (Å²) >= 11 is 8.53. The zero-order valence-electron chi connectivity index (χ0n) is 12.7. The molecule has 4 nitrogen and oxygen atoms in total. The second-order valence-corrected chi connectivity index (χ2v) is 6.59. The zero-order valence-corrected chi connectivity index (χ0v) is 15.1. The lowest BCUT2D eigenvalue weighted by Gasteiger charge is -2.29. The first-order valence-corrected chi connectivity index (χ1v) is 8.40. The molecule has 6 heteroatoms. The minimum atomic E-state index is -0.485. The number of carbonyl (C=O) groups excluding carboxylic acids is 2. The Kier molecular flexibility index (Phi) is 4.59. The summed E-state index contributed by atoms with van der Waals surface area (Å²) in [5, 5.41) is 2.66. The van der Waals surface area contributed by atoms with Gasteiger partial charge in [0, 0.05) is 4.47 Å². The molecule has 3 rings (SSSR count). The summed E-state index contributed by atoms with van der Waals surface area (Å²) in [5.41, 5.74) is 2.46. The SMILES string of the molecule is Cc1ccccc1/C=C1\C(=O)NC(=S)N(c2ccc(Br)cc2)C1=O. The lowest BCUT2D eigenvalue weighted by atomic mass is 10.0. The zero-order chi connectivity index (χ0) is 17.3. The molecule has 0 saturated carbocycles. The van der Waals surface area contributed by atoms with Gasteiger partial charge < -0.3 is 0 Å². The third-order valence-corrected chi connectivity index (χ3v) is 4.49. The molecule has 2 aromatic rings. The number of amides is 2. The predicted octanol–water partition coefficient (Wildman–Crippen LogP) is 3.59. The molecule has 0 aromatic heterocycles. The van der Waals surface area contributed by atoms with Gasteiger partial charge in [-0.1, -0.05) is 40.2 Å². The Balaban J connectivity index is 2.03. The van der Waals surface area contributed by atoms with E-state index in [1.165, 1.54) is 4.90 Å². The minimum absolute atomic E-state index is 0.0563. The van der Waals surface area contributed by atoms with Gasteiger partial charge in [0.15, 0.2) is 5.11 Å². The highest BCUT2D eigenvalue weighted by atomic mass is 79.9. The molecular formula is C18H13BrN2O2S. The molecule has 0 unspecified atom stereocenters. The van der Waals surface area contributed by atoms with Gasteiger partial charge in [-0.05, 0) is 60.6 Å². The van der Waals surface area contributed by atoms with Gasteiger partial charge in [-0.2, -0.15) is 0 Å². The molecule has 1 fully saturated rings. The van der Waals surface area contributed by atoms with Crippen LogP contribution < -0.4 is 10.2 Å². The number of nitrogens with zero attached hydrogens (tertiary/aromatic N) is 1. The number of hydrogen-bond donors (Lipinski definition) is 1. The van der Waals surface area contributed by atoms with Crippen LogP contribution in [0.25, 0.3) is 6.08 Å². The summed E-state index contributed by atoms with van der Waals surface area (Å²) in [7, 11) is 0. The number of thiocarbonyl (C=S) groups is 1. The minimum Gasteiger partial charge on any atom is -0.298 e. The second kappa shape index (κ2) is 6.67. The standard InChI is InChI=1S/C18H13BrN2O2S/c1-11-4-2-3-5-12(11)10-15-16(22)20-18(24)21(17(15)23)14-8-6-13(19)7-9-14/h2-10H,1H3,(H,20,22,24)/b15-10+. The van der Waals surface area contributed by atoms with Crippen LogP contribution in [0.5, 0.6) is 0 Å². The van der Waals surface area contributed by atoms with Gasteiger partial charge in [-0.3, -0.25) is 19.8 Å². The quantitative estimate of drug-likeness (QED) is 0.476. The smallest absolute Gasteiger partial charge is 0.270 e. The maximum Gasteiger partial charge on any atom is 0.270 e. The van der Waals surface area contributed by atoms with Crippen molar-refractivity contribution >= 4 is 56.8 Å². The highest BCUT2D eigenvalue weighted by Crippen LogP contribution is 2.24. The van der Waals surface area contributed by atoms with Crippen molar-refractivity contribution in [3.05, 3.63) is 69.7 Å². The maximum atomic E-state index is 12.8. The molecule has 1 aliphatic heterocycles. The average Bonchev–Trinajstić information content (AvgIpc) is 2.54. The van der Waals surface area contributed by atoms with E-state index in [0.29, 0.717) is 5.69 Å². The third-order valence-electron chi connectivity index (χ3n) is 3.67. The van der Waals surface area contributed by atoms with Gasteiger partial charge in [0.1, 0.15) is 5.57 Å². The number of halogens is 1. The number of rotatable bonds is 2. The lowest BCUT2D eigenvalue weighted by Crippen LogP contribution is -2.54. The van der Waals surface area contributed by atoms with Crippen molar-refractivity contribution in [1.29, 1.82) is 0 Å². The van der Waals surface area contributed by atoms with E-state index in [4.69, 9.17) is 12.2 Å². The molecule has 0 bridgehead atoms. The number of anilines is 1. The topological polar surface area (TPSA) is 49.4 Å². The summed E-state index contributed by atoms with van der Waals surface area (Å²) in [4.78, 5) is 26.4. The van der Waals surface area contributed by atoms with E-state index in [1.54, 1.807) is 18.2 Å². The monoisotopic (exact) mass is 400 g/mol. The number of hydrogen-bond acceptors (Lipinski definition) is 3. The summed E-state index contributed by atoms with van der Waals surface area (Å²) in [6, 6.07) is 14.7. The highest BCUT2D eigenvalue weighted by molar-refractivity contribution is 9.10. The number of benzene rings is 2. The van der Waals surface area contributed by atoms with Crippen molar-refractivity contribution in [1.82, 2.24) is 5.32 Å². The fraction of sp³-hybridized carbons (Fsp3) is 0.0556. The molecule has 0 radical (unpaired) electrons. The second-order valence-electron chi connectivity index (χ2n) is 5.29. The first kappa shape index (κ1) is 16.5. The van der Waals surface area contributed by atoms with Crippen LogP contribution in [-0.2, 0) is 9.59 Å². The first-order valence-electron chi connectivity index (χ1n) is 7.20. The van der Waals surface area contributed by atoms with Crippen LogP contribution in [0, 0.1) is 6.92 Å². The first-order chi connectivity index (χ1) is 11.5. The maximum absolute atomic E-state index is 12.8. The fourth-order valence-electron chi connectivity index (χ4n) is 2.39. The molecule has 1 heterocycles. The van der Waals surface area contributed by atoms with Crippen LogP contribution in [0.15, 0.2) is 58.6 Å². The summed E-state index contributed by atoms with van der Waals surface area (Å²) < 4.78 is 0.890. The van der Waals surface area contributed by atoms with Crippen LogP contribution in [-0.4, -0.2) is 16.9 Å². The number of aryl methyl sites for hydroxylation is 1. The molecule has 24 heavy (non-hydrogen) atoms. The Bertz CT molecular complexity index is 875. The predicted molar refractivity (Wildman–Crippen MR) is 102 cm³/mol. The molecule has 2 amide bonds. The molecule has 1 aliphatic rings. The van der Waals surface area contributed by atoms with Crippen molar-refractivity contribution < 1.29 is 9.59 Å². The number of nitrogens with one attached hydrogen (secondary N) is 1. The third kappa shape index (κ3) is 3.16. The van der Waals surface area contributed by atoms with Gasteiger partial charge in [0.2, 0.25) is 0 Å². The van der Waals surface area contributed by atoms with Crippen molar-refractivity contribution in [2.24, 2.45) is 0 Å². The van der Waals surface area contributed by atoms with E-state index >= 15 is 0 Å². The van der Waals surface area contributed by atoms with Gasteiger partial charge in [-0.15, -0.1) is 0 Å². The van der Waals surface area contributed by atoms with Gasteiger partial charge >= 0.3 is 0 Å². The highest BCUT2D eigenvalue weighted by Gasteiger charge is 2.34. The van der Waals surface area contributed by atoms with Crippen LogP contribution in [0.4, 0.5) is 5.69 Å². The largest absolute Gasteiger partial charge is 0.298 e. The molecule has 2 aromatic carbocycles. The van der Waals surface area contributed by atoms with Gasteiger partial charge in [-0.25, -0.2) is 0 Å². The Hall–Kier alpha value is -2.31. The van der Waals surface area contributed by atoms with Gasteiger partial charge in [0.05, 0.1) is 5.69 Å². The lowest BCUT2D eigenvalue weighted by molar-refractivity contribution is -0.122. The average molecular weight is 401 g/mol. The van der Waals surface area contributed by atoms with Crippen molar-refractivity contribution in [2.45, 2.75) is 6.92 Å². The molecular weight excluding hydrogens is 388 g/mol. The summed E-state index contributed by atoms with van der Waals surface area (Å²) in [6.07, 6.45) is 1.60. The van der Waals surface area contributed by atoms with E-state index in [1.807, 2.05) is 43.3 Å². The molecule has 0 atom stereocenters. The summed E-state index contributed by atoms with van der Waals surface area (Å²) in [6.45, 7) is 1.93. The Labute approximate surface area is 153 Å². The van der Waals surface area contributed by atoms with Crippen molar-refractivity contribution in [3.63, 3.8) is 0 Å². The normalized spacial score (nSPS) is 16.5. The Morgan fingerprint density at radius 3 is 2.42 bits per heavy atom. The van der Waals surface area contributed by atoms with E-state index in [2.05, 4.69) is 21.2 Å². The number of carbonyl (C=O) groups is 2. The van der Waals surface area contributed by atoms with Gasteiger partial charge in [0.25, 0.3) is 11.8 Å².